The van der Waals surface area contributed by atoms with Crippen molar-refractivity contribution >= 4 is 34.6 Å². The lowest BCUT2D eigenvalue weighted by Crippen LogP contribution is -2.10. The van der Waals surface area contributed by atoms with Gasteiger partial charge in [-0.2, -0.15) is 0 Å². The second-order valence-electron chi connectivity index (χ2n) is 5.01. The molecule has 0 heterocycles. The van der Waals surface area contributed by atoms with Crippen molar-refractivity contribution < 1.29 is 0 Å². The van der Waals surface area contributed by atoms with Crippen molar-refractivity contribution in [3.63, 3.8) is 0 Å². The van der Waals surface area contributed by atoms with Crippen LogP contribution in [0.2, 0.25) is 10.0 Å². The first kappa shape index (κ1) is 15.0. The minimum atomic E-state index is 0.181. The quantitative estimate of drug-likeness (QED) is 0.831. The smallest absolute Gasteiger partial charge is 0.0485 e. The van der Waals surface area contributed by atoms with Crippen LogP contribution in [0.5, 0.6) is 0 Å². The van der Waals surface area contributed by atoms with Crippen molar-refractivity contribution in [2.45, 2.75) is 13.0 Å². The van der Waals surface area contributed by atoms with Crippen LogP contribution >= 0.6 is 23.2 Å². The summed E-state index contributed by atoms with van der Waals surface area (Å²) in [5.41, 5.74) is 3.32. The lowest BCUT2D eigenvalue weighted by molar-refractivity contribution is 0.884. The van der Waals surface area contributed by atoms with Gasteiger partial charge in [-0.05, 0) is 42.8 Å². The third kappa shape index (κ3) is 3.81. The number of halogens is 2. The van der Waals surface area contributed by atoms with Crippen molar-refractivity contribution in [1.29, 1.82) is 0 Å². The van der Waals surface area contributed by atoms with Gasteiger partial charge in [-0.15, -0.1) is 0 Å². The summed E-state index contributed by atoms with van der Waals surface area (Å²) >= 11 is 12.0. The molecule has 0 amide bonds. The minimum Gasteiger partial charge on any atom is -0.378 e. The van der Waals surface area contributed by atoms with Gasteiger partial charge in [0.1, 0.15) is 0 Å². The van der Waals surface area contributed by atoms with Gasteiger partial charge in [0.15, 0.2) is 0 Å². The zero-order valence-corrected chi connectivity index (χ0v) is 13.3. The van der Waals surface area contributed by atoms with Gasteiger partial charge < -0.3 is 10.2 Å². The molecule has 1 unspecified atom stereocenters. The average Bonchev–Trinajstić information content (AvgIpc) is 2.37. The van der Waals surface area contributed by atoms with Gasteiger partial charge in [0.25, 0.3) is 0 Å². The first-order chi connectivity index (χ1) is 9.45. The lowest BCUT2D eigenvalue weighted by Gasteiger charge is -2.18. The van der Waals surface area contributed by atoms with Crippen molar-refractivity contribution in [3.05, 3.63) is 58.1 Å². The van der Waals surface area contributed by atoms with E-state index in [2.05, 4.69) is 41.4 Å². The Balaban J connectivity index is 2.13. The van der Waals surface area contributed by atoms with E-state index < -0.39 is 0 Å². The van der Waals surface area contributed by atoms with Crippen molar-refractivity contribution in [1.82, 2.24) is 0 Å². The van der Waals surface area contributed by atoms with E-state index in [-0.39, 0.29) is 6.04 Å². The van der Waals surface area contributed by atoms with Crippen LogP contribution in [0.25, 0.3) is 0 Å². The Morgan fingerprint density at radius 3 is 2.00 bits per heavy atom. The summed E-state index contributed by atoms with van der Waals surface area (Å²) in [5.74, 6) is 0. The van der Waals surface area contributed by atoms with Gasteiger partial charge in [-0.1, -0.05) is 35.3 Å². The van der Waals surface area contributed by atoms with E-state index in [1.807, 2.05) is 26.2 Å². The second kappa shape index (κ2) is 6.38. The molecule has 0 radical (unpaired) electrons. The highest BCUT2D eigenvalue weighted by molar-refractivity contribution is 6.35. The Bertz CT molecular complexity index is 559. The molecule has 0 saturated heterocycles. The molecule has 0 aliphatic heterocycles. The summed E-state index contributed by atoms with van der Waals surface area (Å²) in [4.78, 5) is 2.08. The van der Waals surface area contributed by atoms with Crippen LogP contribution in [0.15, 0.2) is 42.5 Å². The van der Waals surface area contributed by atoms with Crippen LogP contribution in [-0.2, 0) is 0 Å². The molecule has 4 heteroatoms. The summed E-state index contributed by atoms with van der Waals surface area (Å²) in [5, 5.41) is 4.67. The third-order valence-electron chi connectivity index (χ3n) is 3.16. The molecule has 0 aliphatic rings. The van der Waals surface area contributed by atoms with Crippen LogP contribution in [0.4, 0.5) is 11.4 Å². The summed E-state index contributed by atoms with van der Waals surface area (Å²) in [6.45, 7) is 2.11. The highest BCUT2D eigenvalue weighted by atomic mass is 35.5. The maximum atomic E-state index is 6.01. The van der Waals surface area contributed by atoms with Crippen molar-refractivity contribution in [2.24, 2.45) is 0 Å². The van der Waals surface area contributed by atoms with E-state index in [4.69, 9.17) is 23.2 Å². The summed E-state index contributed by atoms with van der Waals surface area (Å²) < 4.78 is 0. The molecule has 0 aromatic heterocycles. The molecule has 106 valence electrons. The van der Waals surface area contributed by atoms with Crippen molar-refractivity contribution in [3.8, 4) is 0 Å². The highest BCUT2D eigenvalue weighted by Gasteiger charge is 2.07. The van der Waals surface area contributed by atoms with E-state index in [1.54, 1.807) is 6.07 Å². The van der Waals surface area contributed by atoms with Crippen LogP contribution in [-0.4, -0.2) is 14.1 Å². The van der Waals surface area contributed by atoms with E-state index in [0.29, 0.717) is 10.0 Å². The topological polar surface area (TPSA) is 15.3 Å². The first-order valence-electron chi connectivity index (χ1n) is 6.45. The predicted molar refractivity (Wildman–Crippen MR) is 89.3 cm³/mol. The highest BCUT2D eigenvalue weighted by Crippen LogP contribution is 2.26. The molecular weight excluding hydrogens is 291 g/mol. The van der Waals surface area contributed by atoms with E-state index in [1.165, 1.54) is 11.3 Å². The first-order valence-corrected chi connectivity index (χ1v) is 7.21. The third-order valence-corrected chi connectivity index (χ3v) is 3.59. The molecule has 2 aromatic rings. The van der Waals surface area contributed by atoms with Crippen LogP contribution in [0.1, 0.15) is 18.5 Å². The van der Waals surface area contributed by atoms with Gasteiger partial charge in [0.2, 0.25) is 0 Å². The standard InChI is InChI=1S/C16H18Cl2N2/c1-11(12-4-6-16(7-5-12)20(2)3)19-15-9-13(17)8-14(18)10-15/h4-11,19H,1-3H3. The molecule has 0 saturated carbocycles. The van der Waals surface area contributed by atoms with Crippen LogP contribution < -0.4 is 10.2 Å². The zero-order chi connectivity index (χ0) is 14.7. The fourth-order valence-corrected chi connectivity index (χ4v) is 2.56. The van der Waals surface area contributed by atoms with Crippen molar-refractivity contribution in [2.75, 3.05) is 24.3 Å². The number of nitrogens with zero attached hydrogens (tertiary/aromatic N) is 1. The number of benzene rings is 2. The SMILES string of the molecule is CC(Nc1cc(Cl)cc(Cl)c1)c1ccc(N(C)C)cc1. The van der Waals surface area contributed by atoms with E-state index >= 15 is 0 Å². The Labute approximate surface area is 130 Å². The monoisotopic (exact) mass is 308 g/mol. The molecule has 2 aromatic carbocycles. The normalized spacial score (nSPS) is 12.1. The molecule has 0 bridgehead atoms. The molecule has 2 nitrogen and oxygen atoms in total. The summed E-state index contributed by atoms with van der Waals surface area (Å²) in [6, 6.07) is 14.1. The largest absolute Gasteiger partial charge is 0.378 e. The number of hydrogen-bond donors (Lipinski definition) is 1. The zero-order valence-electron chi connectivity index (χ0n) is 11.8. The molecular formula is C16H18Cl2N2. The Kier molecular flexibility index (Phi) is 4.79. The van der Waals surface area contributed by atoms with Gasteiger partial charge in [0, 0.05) is 41.6 Å². The second-order valence-corrected chi connectivity index (χ2v) is 5.88. The molecule has 1 atom stereocenters. The Morgan fingerprint density at radius 1 is 0.950 bits per heavy atom. The summed E-state index contributed by atoms with van der Waals surface area (Å²) in [6.07, 6.45) is 0. The van der Waals surface area contributed by atoms with E-state index in [9.17, 15) is 0 Å². The van der Waals surface area contributed by atoms with Gasteiger partial charge in [-0.3, -0.25) is 0 Å². The Hall–Kier alpha value is -1.38. The molecule has 0 aliphatic carbocycles. The average molecular weight is 309 g/mol. The molecule has 1 N–H and O–H groups in total. The maximum absolute atomic E-state index is 6.01. The molecule has 2 rings (SSSR count). The van der Waals surface area contributed by atoms with Gasteiger partial charge >= 0.3 is 0 Å². The lowest BCUT2D eigenvalue weighted by atomic mass is 10.1. The number of anilines is 2. The van der Waals surface area contributed by atoms with Gasteiger partial charge in [0.05, 0.1) is 0 Å². The van der Waals surface area contributed by atoms with E-state index in [0.717, 1.165) is 5.69 Å². The fourth-order valence-electron chi connectivity index (χ4n) is 2.03. The molecule has 20 heavy (non-hydrogen) atoms. The van der Waals surface area contributed by atoms with Crippen LogP contribution in [0.3, 0.4) is 0 Å². The minimum absolute atomic E-state index is 0.181. The maximum Gasteiger partial charge on any atom is 0.0485 e. The number of rotatable bonds is 4. The molecule has 0 fully saturated rings. The summed E-state index contributed by atoms with van der Waals surface area (Å²) in [7, 11) is 4.06. The number of nitrogens with one attached hydrogen (secondary N) is 1. The number of hydrogen-bond acceptors (Lipinski definition) is 2. The fraction of sp³-hybridized carbons (Fsp3) is 0.250. The molecule has 0 spiro atoms. The Morgan fingerprint density at radius 2 is 1.50 bits per heavy atom. The predicted octanol–water partition coefficient (Wildman–Crippen LogP) is 5.23. The van der Waals surface area contributed by atoms with Crippen LogP contribution in [0, 0.1) is 0 Å². The van der Waals surface area contributed by atoms with Gasteiger partial charge in [-0.25, -0.2) is 0 Å².